The summed E-state index contributed by atoms with van der Waals surface area (Å²) in [6.07, 6.45) is 5.06. The number of phenols is 1. The van der Waals surface area contributed by atoms with Crippen molar-refractivity contribution in [3.63, 3.8) is 0 Å². The molecule has 0 amide bonds. The number of rotatable bonds is 3. The fourth-order valence-electron chi connectivity index (χ4n) is 1.60. The summed E-state index contributed by atoms with van der Waals surface area (Å²) in [6, 6.07) is 3.69. The van der Waals surface area contributed by atoms with Crippen LogP contribution >= 0.6 is 0 Å². The zero-order valence-corrected chi connectivity index (χ0v) is 9.94. The molecule has 2 N–H and O–H groups in total. The van der Waals surface area contributed by atoms with Gasteiger partial charge in [-0.3, -0.25) is 9.97 Å². The van der Waals surface area contributed by atoms with E-state index in [0.717, 1.165) is 22.5 Å². The first-order valence-electron chi connectivity index (χ1n) is 5.46. The van der Waals surface area contributed by atoms with Gasteiger partial charge in [0.2, 0.25) is 0 Å². The number of anilines is 1. The number of aryl methyl sites for hydroxylation is 2. The van der Waals surface area contributed by atoms with Crippen molar-refractivity contribution >= 4 is 5.69 Å². The number of hydrogen-bond donors (Lipinski definition) is 2. The Kier molecular flexibility index (Phi) is 3.23. The van der Waals surface area contributed by atoms with Crippen molar-refractivity contribution in [2.24, 2.45) is 0 Å². The number of hydrogen-bond acceptors (Lipinski definition) is 4. The lowest BCUT2D eigenvalue weighted by Gasteiger charge is -2.11. The maximum Gasteiger partial charge on any atom is 0.118 e. The molecule has 0 fully saturated rings. The molecule has 0 spiro atoms. The van der Waals surface area contributed by atoms with E-state index in [1.165, 1.54) is 0 Å². The van der Waals surface area contributed by atoms with Gasteiger partial charge in [0, 0.05) is 18.1 Å². The normalized spacial score (nSPS) is 10.2. The lowest BCUT2D eigenvalue weighted by molar-refractivity contribution is 0.471. The fourth-order valence-corrected chi connectivity index (χ4v) is 1.60. The lowest BCUT2D eigenvalue weighted by Crippen LogP contribution is -2.03. The van der Waals surface area contributed by atoms with Crippen LogP contribution in [0.25, 0.3) is 0 Å². The molecule has 17 heavy (non-hydrogen) atoms. The first kappa shape index (κ1) is 11.4. The highest BCUT2D eigenvalue weighted by atomic mass is 16.3. The highest BCUT2D eigenvalue weighted by molar-refractivity contribution is 5.56. The molecule has 0 aliphatic carbocycles. The summed E-state index contributed by atoms with van der Waals surface area (Å²) in [6.45, 7) is 4.46. The highest BCUT2D eigenvalue weighted by Crippen LogP contribution is 2.25. The average molecular weight is 229 g/mol. The molecule has 88 valence electrons. The van der Waals surface area contributed by atoms with Gasteiger partial charge < -0.3 is 10.4 Å². The van der Waals surface area contributed by atoms with Crippen molar-refractivity contribution in [2.45, 2.75) is 20.4 Å². The second-order valence-electron chi connectivity index (χ2n) is 4.00. The minimum Gasteiger partial charge on any atom is -0.508 e. The molecule has 4 nitrogen and oxygen atoms in total. The molecular weight excluding hydrogens is 214 g/mol. The summed E-state index contributed by atoms with van der Waals surface area (Å²) in [5.74, 6) is 0.326. The predicted octanol–water partition coefficient (Wildman–Crippen LogP) is 2.41. The van der Waals surface area contributed by atoms with Gasteiger partial charge in [-0.1, -0.05) is 0 Å². The largest absolute Gasteiger partial charge is 0.508 e. The van der Waals surface area contributed by atoms with E-state index in [1.807, 2.05) is 19.9 Å². The number of phenolic OH excluding ortho intramolecular Hbond substituents is 1. The van der Waals surface area contributed by atoms with Gasteiger partial charge >= 0.3 is 0 Å². The summed E-state index contributed by atoms with van der Waals surface area (Å²) >= 11 is 0. The molecule has 1 heterocycles. The molecule has 0 unspecified atom stereocenters. The number of nitrogens with one attached hydrogen (secondary N) is 1. The molecule has 0 saturated carbocycles. The van der Waals surface area contributed by atoms with Crippen molar-refractivity contribution in [3.8, 4) is 5.75 Å². The molecule has 0 saturated heterocycles. The van der Waals surface area contributed by atoms with Crippen LogP contribution < -0.4 is 5.32 Å². The minimum atomic E-state index is 0.326. The molecule has 2 aromatic rings. The van der Waals surface area contributed by atoms with Gasteiger partial charge in [-0.25, -0.2) is 0 Å². The Morgan fingerprint density at radius 3 is 2.71 bits per heavy atom. The van der Waals surface area contributed by atoms with Gasteiger partial charge in [-0.15, -0.1) is 0 Å². The summed E-state index contributed by atoms with van der Waals surface area (Å²) < 4.78 is 0. The van der Waals surface area contributed by atoms with Gasteiger partial charge in [0.05, 0.1) is 18.4 Å². The smallest absolute Gasteiger partial charge is 0.118 e. The van der Waals surface area contributed by atoms with E-state index >= 15 is 0 Å². The van der Waals surface area contributed by atoms with Gasteiger partial charge in [0.25, 0.3) is 0 Å². The van der Waals surface area contributed by atoms with Crippen LogP contribution in [0, 0.1) is 13.8 Å². The quantitative estimate of drug-likeness (QED) is 0.793. The molecular formula is C13H15N3O. The zero-order chi connectivity index (χ0) is 12.3. The number of aromatic hydroxyl groups is 1. The van der Waals surface area contributed by atoms with E-state index in [1.54, 1.807) is 24.7 Å². The fraction of sp³-hybridized carbons (Fsp3) is 0.231. The SMILES string of the molecule is Cc1cc(NCc2cnccn2)c(C)cc1O. The van der Waals surface area contributed by atoms with Crippen LogP contribution in [0.1, 0.15) is 16.8 Å². The van der Waals surface area contributed by atoms with Crippen LogP contribution in [0.15, 0.2) is 30.7 Å². The molecule has 2 rings (SSSR count). The maximum absolute atomic E-state index is 9.56. The average Bonchev–Trinajstić information content (AvgIpc) is 2.33. The first-order valence-corrected chi connectivity index (χ1v) is 5.46. The van der Waals surface area contributed by atoms with E-state index in [9.17, 15) is 5.11 Å². The Morgan fingerprint density at radius 2 is 2.00 bits per heavy atom. The standard InChI is InChI=1S/C13H15N3O/c1-9-6-13(17)10(2)5-12(9)16-8-11-7-14-3-4-15-11/h3-7,16-17H,8H2,1-2H3. The lowest BCUT2D eigenvalue weighted by atomic mass is 10.1. The summed E-state index contributed by atoms with van der Waals surface area (Å²) in [5, 5.41) is 12.8. The van der Waals surface area contributed by atoms with E-state index in [2.05, 4.69) is 15.3 Å². The van der Waals surface area contributed by atoms with Crippen molar-refractivity contribution in [1.29, 1.82) is 0 Å². The van der Waals surface area contributed by atoms with Gasteiger partial charge in [0.1, 0.15) is 5.75 Å². The molecule has 1 aromatic carbocycles. The Hall–Kier alpha value is -2.10. The number of nitrogens with zero attached hydrogens (tertiary/aromatic N) is 2. The van der Waals surface area contributed by atoms with Crippen molar-refractivity contribution in [3.05, 3.63) is 47.5 Å². The van der Waals surface area contributed by atoms with Crippen molar-refractivity contribution in [2.75, 3.05) is 5.32 Å². The molecule has 0 aliphatic heterocycles. The molecule has 0 radical (unpaired) electrons. The molecule has 1 aromatic heterocycles. The van der Waals surface area contributed by atoms with Crippen molar-refractivity contribution < 1.29 is 5.11 Å². The molecule has 0 bridgehead atoms. The van der Waals surface area contributed by atoms with E-state index in [0.29, 0.717) is 12.3 Å². The topological polar surface area (TPSA) is 58.0 Å². The maximum atomic E-state index is 9.56. The van der Waals surface area contributed by atoms with E-state index in [4.69, 9.17) is 0 Å². The van der Waals surface area contributed by atoms with Crippen LogP contribution in [0.2, 0.25) is 0 Å². The van der Waals surface area contributed by atoms with E-state index < -0.39 is 0 Å². The first-order chi connectivity index (χ1) is 8.16. The van der Waals surface area contributed by atoms with E-state index in [-0.39, 0.29) is 0 Å². The summed E-state index contributed by atoms with van der Waals surface area (Å²) in [5.41, 5.74) is 3.76. The third-order valence-electron chi connectivity index (χ3n) is 2.62. The van der Waals surface area contributed by atoms with Gasteiger partial charge in [-0.2, -0.15) is 0 Å². The second-order valence-corrected chi connectivity index (χ2v) is 4.00. The molecule has 0 atom stereocenters. The Morgan fingerprint density at radius 1 is 1.18 bits per heavy atom. The summed E-state index contributed by atoms with van der Waals surface area (Å²) in [4.78, 5) is 8.20. The number of benzene rings is 1. The minimum absolute atomic E-state index is 0.326. The number of aromatic nitrogens is 2. The second kappa shape index (κ2) is 4.82. The van der Waals surface area contributed by atoms with Crippen LogP contribution in [0.3, 0.4) is 0 Å². The van der Waals surface area contributed by atoms with Crippen LogP contribution in [0.5, 0.6) is 5.75 Å². The third kappa shape index (κ3) is 2.72. The molecule has 4 heteroatoms. The Labute approximate surface area is 100 Å². The van der Waals surface area contributed by atoms with Crippen LogP contribution in [-0.2, 0) is 6.54 Å². The van der Waals surface area contributed by atoms with Crippen molar-refractivity contribution in [1.82, 2.24) is 9.97 Å². The third-order valence-corrected chi connectivity index (χ3v) is 2.62. The predicted molar refractivity (Wildman–Crippen MR) is 66.9 cm³/mol. The monoisotopic (exact) mass is 229 g/mol. The Bertz CT molecular complexity index is 512. The summed E-state index contributed by atoms with van der Waals surface area (Å²) in [7, 11) is 0. The Balaban J connectivity index is 2.12. The van der Waals surface area contributed by atoms with Gasteiger partial charge in [-0.05, 0) is 37.1 Å². The zero-order valence-electron chi connectivity index (χ0n) is 9.94. The van der Waals surface area contributed by atoms with Gasteiger partial charge in [0.15, 0.2) is 0 Å². The van der Waals surface area contributed by atoms with Crippen LogP contribution in [0.4, 0.5) is 5.69 Å². The molecule has 0 aliphatic rings. The highest BCUT2D eigenvalue weighted by Gasteiger charge is 2.03. The van der Waals surface area contributed by atoms with Crippen LogP contribution in [-0.4, -0.2) is 15.1 Å².